The summed E-state index contributed by atoms with van der Waals surface area (Å²) in [6, 6.07) is 0. The highest BCUT2D eigenvalue weighted by Gasteiger charge is 2.27. The third kappa shape index (κ3) is 55.5. The summed E-state index contributed by atoms with van der Waals surface area (Å²) in [5, 5.41) is 81.2. The Balaban J connectivity index is -0.000000124. The van der Waals surface area contributed by atoms with Gasteiger partial charge in [-0.3, -0.25) is 38.4 Å². The summed E-state index contributed by atoms with van der Waals surface area (Å²) in [6.07, 6.45) is 3.61. The average molecular weight is 1160 g/mol. The first kappa shape index (κ1) is 93.4. The molecular weight excluding hydrogens is 1030 g/mol. The Labute approximate surface area is 487 Å². The highest BCUT2D eigenvalue weighted by Crippen LogP contribution is 2.18. The van der Waals surface area contributed by atoms with Gasteiger partial charge in [-0.25, -0.2) is 0 Å². The van der Waals surface area contributed by atoms with Crippen molar-refractivity contribution in [2.45, 2.75) is 305 Å². The van der Waals surface area contributed by atoms with Crippen molar-refractivity contribution in [3.05, 3.63) is 0 Å². The van der Waals surface area contributed by atoms with Gasteiger partial charge in [-0.2, -0.15) is 0 Å². The number of rotatable bonds is 30. The summed E-state index contributed by atoms with van der Waals surface area (Å²) < 4.78 is 0. The van der Waals surface area contributed by atoms with Gasteiger partial charge in [0, 0.05) is 59.9 Å². The normalized spacial score (nSPS) is 13.8. The monoisotopic (exact) mass is 1150 g/mol. The molecule has 80 heavy (non-hydrogen) atoms. The molecule has 0 rings (SSSR count). The molecule has 480 valence electrons. The molecule has 0 amide bonds. The molecule has 0 aliphatic carbocycles. The van der Waals surface area contributed by atoms with Crippen LogP contribution in [0.4, 0.5) is 0 Å². The van der Waals surface area contributed by atoms with Crippen molar-refractivity contribution < 1.29 is 84.3 Å². The van der Waals surface area contributed by atoms with Gasteiger partial charge in [0.1, 0.15) is 48.8 Å². The number of unbranched alkanes of at least 4 members (excludes halogenated alkanes) is 2. The number of carbonyl (C=O) groups excluding carboxylic acids is 8. The van der Waals surface area contributed by atoms with E-state index in [9.17, 15) is 48.6 Å². The van der Waals surface area contributed by atoms with Crippen LogP contribution in [0.1, 0.15) is 256 Å². The Morgan fingerprint density at radius 1 is 0.287 bits per heavy atom. The van der Waals surface area contributed by atoms with Gasteiger partial charge in [-0.15, -0.1) is 0 Å². The summed E-state index contributed by atoms with van der Waals surface area (Å²) >= 11 is 0. The number of Topliss-reactive ketones (excluding diaryl/α,β-unsaturated/α-hetero) is 8. The number of hydrogen-bond donors (Lipinski definition) is 9. The van der Waals surface area contributed by atoms with Crippen LogP contribution in [0.3, 0.4) is 0 Å². The van der Waals surface area contributed by atoms with Crippen molar-refractivity contribution in [2.75, 3.05) is 6.61 Å². The second kappa shape index (κ2) is 56.5. The largest absolute Gasteiger partial charge is 0.396 e. The summed E-state index contributed by atoms with van der Waals surface area (Å²) in [6.45, 7) is 43.7. The minimum absolute atomic E-state index is 0.0292. The van der Waals surface area contributed by atoms with Crippen molar-refractivity contribution in [3.8, 4) is 0 Å². The van der Waals surface area contributed by atoms with Gasteiger partial charge in [0.2, 0.25) is 0 Å². The van der Waals surface area contributed by atoms with Crippen LogP contribution >= 0.6 is 0 Å². The van der Waals surface area contributed by atoms with E-state index in [1.165, 1.54) is 0 Å². The topological polar surface area (TPSA) is 319 Å². The van der Waals surface area contributed by atoms with Crippen LogP contribution in [0.5, 0.6) is 0 Å². The molecule has 0 bridgehead atoms. The number of aliphatic hydroxyl groups is 9. The standard InChI is InChI=1S/2C9H18O2.C8H16O3.2C8H16O2.3C7H14O2/c2*1-4-5-6-8(10)9(11)7(2)3;1-8(2,3)7(11)6(10)4-5-9;2*1-4-5-7(9)8(10)6(2)3;3*1-4-6(8)7(9)5(2)3/h2*7-8,10H,4-6H2,1-3H3;6,9-10H,4-5H2,1-3H3;2*6-7,9H,4-5H2,1-3H3;3*5-6,8H,4H2,1-3H3/t2*8-;;2*7-;2*6-;/m10.1010./s1. The van der Waals surface area contributed by atoms with Crippen LogP contribution in [0, 0.1) is 46.8 Å². The highest BCUT2D eigenvalue weighted by atomic mass is 16.3. The maximum Gasteiger partial charge on any atom is 0.166 e. The third-order valence-electron chi connectivity index (χ3n) is 11.7. The van der Waals surface area contributed by atoms with Crippen molar-refractivity contribution in [1.29, 1.82) is 0 Å². The van der Waals surface area contributed by atoms with E-state index >= 15 is 0 Å². The van der Waals surface area contributed by atoms with E-state index in [0.29, 0.717) is 44.9 Å². The zero-order valence-electron chi connectivity index (χ0n) is 55.1. The molecule has 17 heteroatoms. The quantitative estimate of drug-likeness (QED) is 0.0323. The number of ketones is 8. The number of aliphatic hydroxyl groups excluding tert-OH is 9. The predicted octanol–water partition coefficient (Wildman–Crippen LogP) is 9.56. The Bertz CT molecular complexity index is 1440. The van der Waals surface area contributed by atoms with Crippen molar-refractivity contribution in [3.63, 3.8) is 0 Å². The lowest BCUT2D eigenvalue weighted by Crippen LogP contribution is -2.32. The number of carbonyl (C=O) groups is 8. The smallest absolute Gasteiger partial charge is 0.166 e. The SMILES string of the molecule is CC(C)(C)C(=O)C(O)CCO.CCC(O)C(=O)C(C)C.CCCC[C@@H](O)C(=O)C(C)C.CCCC[C@H](O)C(=O)C(C)C.CCC[C@@H](O)C(=O)C(C)C.CCC[C@H](O)C(=O)C(C)C.CC[C@@H](O)C(=O)C(C)C.CC[C@H](O)C(=O)C(C)C. The van der Waals surface area contributed by atoms with Crippen molar-refractivity contribution in [2.24, 2.45) is 46.8 Å². The highest BCUT2D eigenvalue weighted by molar-refractivity contribution is 5.88. The van der Waals surface area contributed by atoms with E-state index in [1.54, 1.807) is 111 Å². The molecular formula is C63H126O17. The van der Waals surface area contributed by atoms with Crippen molar-refractivity contribution in [1.82, 2.24) is 0 Å². The molecule has 0 aromatic rings. The van der Waals surface area contributed by atoms with E-state index in [-0.39, 0.29) is 101 Å². The van der Waals surface area contributed by atoms with Crippen LogP contribution in [0.25, 0.3) is 0 Å². The van der Waals surface area contributed by atoms with E-state index in [4.69, 9.17) is 35.7 Å². The molecule has 0 aliphatic rings. The van der Waals surface area contributed by atoms with Gasteiger partial charge in [-0.1, -0.05) is 205 Å². The molecule has 8 atom stereocenters. The fourth-order valence-corrected chi connectivity index (χ4v) is 5.96. The summed E-state index contributed by atoms with van der Waals surface area (Å²) in [4.78, 5) is 87.8. The molecule has 2 unspecified atom stereocenters. The summed E-state index contributed by atoms with van der Waals surface area (Å²) in [7, 11) is 0. The molecule has 0 saturated carbocycles. The van der Waals surface area contributed by atoms with Crippen molar-refractivity contribution >= 4 is 46.3 Å². The van der Waals surface area contributed by atoms with Gasteiger partial charge in [0.25, 0.3) is 0 Å². The molecule has 0 aliphatic heterocycles. The zero-order valence-corrected chi connectivity index (χ0v) is 55.1. The fourth-order valence-electron chi connectivity index (χ4n) is 5.96. The van der Waals surface area contributed by atoms with Gasteiger partial charge in [-0.05, 0) is 44.9 Å². The maximum atomic E-state index is 11.2. The first-order chi connectivity index (χ1) is 36.5. The summed E-state index contributed by atoms with van der Waals surface area (Å²) in [5.74, 6) is -0.814. The molecule has 0 radical (unpaired) electrons. The van der Waals surface area contributed by atoms with E-state index < -0.39 is 54.2 Å². The van der Waals surface area contributed by atoms with Crippen LogP contribution in [-0.4, -0.2) is 148 Å². The van der Waals surface area contributed by atoms with Gasteiger partial charge >= 0.3 is 0 Å². The zero-order chi connectivity index (χ0) is 65.4. The molecule has 9 N–H and O–H groups in total. The average Bonchev–Trinajstić information content (AvgIpc) is 3.39. The molecule has 0 heterocycles. The minimum Gasteiger partial charge on any atom is -0.396 e. The van der Waals surface area contributed by atoms with E-state index in [2.05, 4.69) is 0 Å². The lowest BCUT2D eigenvalue weighted by atomic mass is 9.87. The first-order valence-electron chi connectivity index (χ1n) is 29.9. The number of hydrogen-bond acceptors (Lipinski definition) is 17. The van der Waals surface area contributed by atoms with E-state index in [1.807, 2.05) is 55.4 Å². The molecule has 0 fully saturated rings. The van der Waals surface area contributed by atoms with Gasteiger partial charge in [0.15, 0.2) is 46.3 Å². The van der Waals surface area contributed by atoms with E-state index in [0.717, 1.165) is 38.5 Å². The molecule has 0 aromatic heterocycles. The van der Waals surface area contributed by atoms with Gasteiger partial charge in [0.05, 0.1) is 0 Å². The fraction of sp³-hybridized carbons (Fsp3) is 0.873. The Kier molecular flexibility index (Phi) is 66.0. The van der Waals surface area contributed by atoms with Crippen LogP contribution in [0.15, 0.2) is 0 Å². The second-order valence-electron chi connectivity index (χ2n) is 23.2. The van der Waals surface area contributed by atoms with Crippen LogP contribution in [0.2, 0.25) is 0 Å². The molecule has 0 spiro atoms. The molecule has 0 saturated heterocycles. The second-order valence-corrected chi connectivity index (χ2v) is 23.2. The first-order valence-corrected chi connectivity index (χ1v) is 29.9. The lowest BCUT2D eigenvalue weighted by molar-refractivity contribution is -0.135. The summed E-state index contributed by atoms with van der Waals surface area (Å²) in [5.41, 5.74) is -0.519. The third-order valence-corrected chi connectivity index (χ3v) is 11.7. The van der Waals surface area contributed by atoms with Crippen LogP contribution in [-0.2, 0) is 38.4 Å². The van der Waals surface area contributed by atoms with Crippen LogP contribution < -0.4 is 0 Å². The predicted molar refractivity (Wildman–Crippen MR) is 323 cm³/mol. The Morgan fingerprint density at radius 3 is 0.600 bits per heavy atom. The minimum atomic E-state index is -1.01. The Hall–Kier alpha value is -3.00. The van der Waals surface area contributed by atoms with Gasteiger partial charge < -0.3 is 46.0 Å². The maximum absolute atomic E-state index is 11.2. The Morgan fingerprint density at radius 2 is 0.475 bits per heavy atom. The lowest BCUT2D eigenvalue weighted by Gasteiger charge is -2.19. The molecule has 17 nitrogen and oxygen atoms in total. The molecule has 0 aromatic carbocycles.